The van der Waals surface area contributed by atoms with Gasteiger partial charge in [-0.1, -0.05) is 44.2 Å². The molecule has 0 radical (unpaired) electrons. The Bertz CT molecular complexity index is 830. The van der Waals surface area contributed by atoms with Gasteiger partial charge < -0.3 is 15.4 Å². The van der Waals surface area contributed by atoms with Gasteiger partial charge in [0, 0.05) is 16.5 Å². The highest BCUT2D eigenvalue weighted by atomic mass is 32.2. The van der Waals surface area contributed by atoms with Gasteiger partial charge >= 0.3 is 12.0 Å². The van der Waals surface area contributed by atoms with Crippen LogP contribution in [0.4, 0.5) is 4.79 Å². The molecule has 0 atom stereocenters. The number of hydrogen-bond acceptors (Lipinski definition) is 6. The van der Waals surface area contributed by atoms with Crippen molar-refractivity contribution in [2.24, 2.45) is 0 Å². The van der Waals surface area contributed by atoms with Crippen LogP contribution in [0.25, 0.3) is 0 Å². The van der Waals surface area contributed by atoms with E-state index in [0.29, 0.717) is 4.90 Å². The minimum Gasteiger partial charge on any atom is -0.452 e. The van der Waals surface area contributed by atoms with Gasteiger partial charge in [0.05, 0.1) is 11.3 Å². The third-order valence-corrected chi connectivity index (χ3v) is 6.09. The standard InChI is InChI=1S/C24H35N3O5S/c1-24(2,3)27-23(31)26-20(28)15-32-22(30)18-13-9-10-14-19(18)33-16-21(29)25-17-11-7-5-4-6-8-12-17/h9-10,13-14,17H,4-8,11-12,15-16H2,1-3H3,(H,25,29)(H2,26,27,28,31). The zero-order valence-corrected chi connectivity index (χ0v) is 20.5. The minimum atomic E-state index is -0.728. The zero-order chi connectivity index (χ0) is 24.3. The third kappa shape index (κ3) is 10.7. The van der Waals surface area contributed by atoms with Gasteiger partial charge in [0.15, 0.2) is 6.61 Å². The van der Waals surface area contributed by atoms with Gasteiger partial charge in [-0.25, -0.2) is 9.59 Å². The fourth-order valence-corrected chi connectivity index (χ4v) is 4.37. The van der Waals surface area contributed by atoms with E-state index < -0.39 is 30.1 Å². The van der Waals surface area contributed by atoms with Crippen molar-refractivity contribution < 1.29 is 23.9 Å². The topological polar surface area (TPSA) is 114 Å². The van der Waals surface area contributed by atoms with E-state index in [1.807, 2.05) is 0 Å². The summed E-state index contributed by atoms with van der Waals surface area (Å²) in [5.74, 6) is -1.29. The number of amides is 4. The van der Waals surface area contributed by atoms with Gasteiger partial charge in [0.25, 0.3) is 5.91 Å². The maximum absolute atomic E-state index is 12.5. The molecule has 0 spiro atoms. The lowest BCUT2D eigenvalue weighted by molar-refractivity contribution is -0.123. The molecule has 182 valence electrons. The molecule has 0 aliphatic heterocycles. The second-order valence-electron chi connectivity index (χ2n) is 9.22. The van der Waals surface area contributed by atoms with Crippen LogP contribution in [0.15, 0.2) is 29.2 Å². The smallest absolute Gasteiger partial charge is 0.339 e. The average molecular weight is 478 g/mol. The molecule has 0 unspecified atom stereocenters. The summed E-state index contributed by atoms with van der Waals surface area (Å²) < 4.78 is 5.07. The predicted octanol–water partition coefficient (Wildman–Crippen LogP) is 3.79. The molecule has 1 fully saturated rings. The van der Waals surface area contributed by atoms with E-state index in [1.54, 1.807) is 45.0 Å². The molecule has 9 heteroatoms. The first-order chi connectivity index (χ1) is 15.6. The molecule has 1 aliphatic carbocycles. The van der Waals surface area contributed by atoms with Crippen molar-refractivity contribution in [1.82, 2.24) is 16.0 Å². The average Bonchev–Trinajstić information content (AvgIpc) is 2.71. The van der Waals surface area contributed by atoms with Crippen LogP contribution in [0.3, 0.4) is 0 Å². The van der Waals surface area contributed by atoms with E-state index in [2.05, 4.69) is 16.0 Å². The Morgan fingerprint density at radius 2 is 1.61 bits per heavy atom. The fraction of sp³-hybridized carbons (Fsp3) is 0.583. The number of benzene rings is 1. The zero-order valence-electron chi connectivity index (χ0n) is 19.7. The molecule has 4 amide bonds. The molecule has 8 nitrogen and oxygen atoms in total. The first-order valence-electron chi connectivity index (χ1n) is 11.4. The van der Waals surface area contributed by atoms with Crippen LogP contribution in [0.2, 0.25) is 0 Å². The van der Waals surface area contributed by atoms with E-state index in [9.17, 15) is 19.2 Å². The summed E-state index contributed by atoms with van der Waals surface area (Å²) in [4.78, 5) is 49.2. The van der Waals surface area contributed by atoms with Crippen molar-refractivity contribution in [3.8, 4) is 0 Å². The summed E-state index contributed by atoms with van der Waals surface area (Å²) in [6.45, 7) is 4.76. The molecule has 3 N–H and O–H groups in total. The number of ether oxygens (including phenoxy) is 1. The second kappa shape index (κ2) is 13.2. The first kappa shape index (κ1) is 26.7. The van der Waals surface area contributed by atoms with Crippen molar-refractivity contribution in [3.63, 3.8) is 0 Å². The van der Waals surface area contributed by atoms with Crippen LogP contribution in [-0.2, 0) is 14.3 Å². The van der Waals surface area contributed by atoms with Crippen LogP contribution in [-0.4, -0.2) is 47.8 Å². The van der Waals surface area contributed by atoms with Crippen molar-refractivity contribution in [2.75, 3.05) is 12.4 Å². The van der Waals surface area contributed by atoms with Crippen LogP contribution in [0, 0.1) is 0 Å². The van der Waals surface area contributed by atoms with Crippen LogP contribution in [0.5, 0.6) is 0 Å². The summed E-state index contributed by atoms with van der Waals surface area (Å²) in [5, 5.41) is 7.82. The molecule has 0 saturated heterocycles. The summed E-state index contributed by atoms with van der Waals surface area (Å²) >= 11 is 1.26. The molecule has 1 aromatic rings. The van der Waals surface area contributed by atoms with E-state index in [1.165, 1.54) is 31.0 Å². The number of imide groups is 1. The lowest BCUT2D eigenvalue weighted by Gasteiger charge is -2.21. The molecule has 0 bridgehead atoms. The Kier molecular flexibility index (Phi) is 10.7. The molecular formula is C24H35N3O5S. The summed E-state index contributed by atoms with van der Waals surface area (Å²) in [6, 6.07) is 6.34. The number of nitrogens with one attached hydrogen (secondary N) is 3. The van der Waals surface area contributed by atoms with Crippen molar-refractivity contribution in [3.05, 3.63) is 29.8 Å². The molecule has 1 aromatic carbocycles. The molecule has 0 heterocycles. The Labute approximate surface area is 200 Å². The molecular weight excluding hydrogens is 442 g/mol. The predicted molar refractivity (Wildman–Crippen MR) is 128 cm³/mol. The molecule has 0 aromatic heterocycles. The van der Waals surface area contributed by atoms with Crippen molar-refractivity contribution in [1.29, 1.82) is 0 Å². The maximum Gasteiger partial charge on any atom is 0.339 e. The first-order valence-corrected chi connectivity index (χ1v) is 12.4. The van der Waals surface area contributed by atoms with Gasteiger partial charge in [0.2, 0.25) is 5.91 Å². The molecule has 1 aliphatic rings. The van der Waals surface area contributed by atoms with Gasteiger partial charge in [-0.3, -0.25) is 14.9 Å². The molecule has 1 saturated carbocycles. The number of rotatable bonds is 7. The van der Waals surface area contributed by atoms with Crippen LogP contribution >= 0.6 is 11.8 Å². The highest BCUT2D eigenvalue weighted by Crippen LogP contribution is 2.24. The highest BCUT2D eigenvalue weighted by molar-refractivity contribution is 8.00. The minimum absolute atomic E-state index is 0.0574. The van der Waals surface area contributed by atoms with E-state index in [-0.39, 0.29) is 23.3 Å². The van der Waals surface area contributed by atoms with E-state index in [0.717, 1.165) is 25.7 Å². The Balaban J connectivity index is 1.83. The fourth-order valence-electron chi connectivity index (χ4n) is 3.52. The van der Waals surface area contributed by atoms with Crippen LogP contribution in [0.1, 0.15) is 76.1 Å². The lowest BCUT2D eigenvalue weighted by atomic mass is 9.97. The Hall–Kier alpha value is -2.55. The quantitative estimate of drug-likeness (QED) is 0.407. The van der Waals surface area contributed by atoms with Gasteiger partial charge in [0.1, 0.15) is 0 Å². The number of carbonyl (C=O) groups is 4. The Morgan fingerprint density at radius 3 is 2.27 bits per heavy atom. The molecule has 33 heavy (non-hydrogen) atoms. The van der Waals surface area contributed by atoms with Gasteiger partial charge in [-0.15, -0.1) is 11.8 Å². The van der Waals surface area contributed by atoms with E-state index >= 15 is 0 Å². The largest absolute Gasteiger partial charge is 0.452 e. The summed E-state index contributed by atoms with van der Waals surface area (Å²) in [5.41, 5.74) is -0.230. The number of hydrogen-bond donors (Lipinski definition) is 3. The Morgan fingerprint density at radius 1 is 0.970 bits per heavy atom. The molecule has 2 rings (SSSR count). The third-order valence-electron chi connectivity index (χ3n) is 5.01. The van der Waals surface area contributed by atoms with E-state index in [4.69, 9.17) is 4.74 Å². The number of carbonyl (C=O) groups excluding carboxylic acids is 4. The summed E-state index contributed by atoms with van der Waals surface area (Å²) in [7, 11) is 0. The highest BCUT2D eigenvalue weighted by Gasteiger charge is 2.19. The van der Waals surface area contributed by atoms with Gasteiger partial charge in [-0.05, 0) is 45.7 Å². The lowest BCUT2D eigenvalue weighted by Crippen LogP contribution is -2.49. The number of esters is 1. The second-order valence-corrected chi connectivity index (χ2v) is 10.2. The number of thioether (sulfide) groups is 1. The van der Waals surface area contributed by atoms with Crippen LogP contribution < -0.4 is 16.0 Å². The summed E-state index contributed by atoms with van der Waals surface area (Å²) in [6.07, 6.45) is 8.00. The number of urea groups is 1. The van der Waals surface area contributed by atoms with Crippen molar-refractivity contribution in [2.45, 2.75) is 82.2 Å². The van der Waals surface area contributed by atoms with Crippen molar-refractivity contribution >= 4 is 35.6 Å². The normalized spacial score (nSPS) is 15.0. The SMILES string of the molecule is CC(C)(C)NC(=O)NC(=O)COC(=O)c1ccccc1SCC(=O)NC1CCCCCCC1. The maximum atomic E-state index is 12.5. The van der Waals surface area contributed by atoms with Gasteiger partial charge in [-0.2, -0.15) is 0 Å². The monoisotopic (exact) mass is 477 g/mol.